The van der Waals surface area contributed by atoms with Crippen molar-refractivity contribution in [2.75, 3.05) is 4.90 Å². The first-order valence-electron chi connectivity index (χ1n) is 17.4. The second kappa shape index (κ2) is 12.2. The maximum atomic E-state index is 2.44. The minimum absolute atomic E-state index is 1.11. The zero-order valence-corrected chi connectivity index (χ0v) is 28.6. The van der Waals surface area contributed by atoms with Gasteiger partial charge in [0.2, 0.25) is 0 Å². The molecule has 2 aromatic heterocycles. The van der Waals surface area contributed by atoms with Gasteiger partial charge in [-0.2, -0.15) is 0 Å². The lowest BCUT2D eigenvalue weighted by molar-refractivity contribution is 1.18. The van der Waals surface area contributed by atoms with Crippen molar-refractivity contribution in [2.45, 2.75) is 0 Å². The number of thiophene rings is 1. The maximum absolute atomic E-state index is 2.44. The topological polar surface area (TPSA) is 8.17 Å². The SMILES string of the molecule is c1ccc(-c2cccc(N(c3cccc(-c4ccccc4-n4c5ccccc5c5ccccc54)c3)c3cccc4c3sc3ccccc34)c2)cc1. The Morgan fingerprint density at radius 1 is 0.392 bits per heavy atom. The Morgan fingerprint density at radius 2 is 0.941 bits per heavy atom. The average Bonchev–Trinajstić information content (AvgIpc) is 3.75. The molecule has 240 valence electrons. The van der Waals surface area contributed by atoms with Crippen LogP contribution in [0.2, 0.25) is 0 Å². The lowest BCUT2D eigenvalue weighted by Gasteiger charge is -2.27. The summed E-state index contributed by atoms with van der Waals surface area (Å²) in [5.41, 5.74) is 11.7. The number of nitrogens with zero attached hydrogens (tertiary/aromatic N) is 2. The number of benzene rings is 8. The summed E-state index contributed by atoms with van der Waals surface area (Å²) < 4.78 is 5.00. The highest BCUT2D eigenvalue weighted by atomic mass is 32.1. The molecule has 51 heavy (non-hydrogen) atoms. The van der Waals surface area contributed by atoms with Crippen molar-refractivity contribution in [3.63, 3.8) is 0 Å². The van der Waals surface area contributed by atoms with Crippen LogP contribution in [0.1, 0.15) is 0 Å². The molecule has 8 aromatic carbocycles. The van der Waals surface area contributed by atoms with E-state index in [4.69, 9.17) is 0 Å². The first-order chi connectivity index (χ1) is 25.3. The van der Waals surface area contributed by atoms with Gasteiger partial charge in [-0.05, 0) is 71.3 Å². The van der Waals surface area contributed by atoms with E-state index in [0.29, 0.717) is 0 Å². The van der Waals surface area contributed by atoms with E-state index < -0.39 is 0 Å². The van der Waals surface area contributed by atoms with Crippen molar-refractivity contribution in [2.24, 2.45) is 0 Å². The van der Waals surface area contributed by atoms with Gasteiger partial charge in [0.05, 0.1) is 27.1 Å². The Morgan fingerprint density at radius 3 is 1.71 bits per heavy atom. The van der Waals surface area contributed by atoms with Gasteiger partial charge in [0.15, 0.2) is 0 Å². The van der Waals surface area contributed by atoms with Crippen LogP contribution in [-0.2, 0) is 0 Å². The third kappa shape index (κ3) is 4.93. The number of aromatic nitrogens is 1. The van der Waals surface area contributed by atoms with E-state index in [2.05, 4.69) is 204 Å². The van der Waals surface area contributed by atoms with Crippen molar-refractivity contribution < 1.29 is 0 Å². The van der Waals surface area contributed by atoms with Crippen LogP contribution >= 0.6 is 11.3 Å². The summed E-state index contributed by atoms with van der Waals surface area (Å²) in [6.45, 7) is 0. The van der Waals surface area contributed by atoms with E-state index in [0.717, 1.165) is 22.6 Å². The van der Waals surface area contributed by atoms with Crippen molar-refractivity contribution >= 4 is 70.4 Å². The predicted molar refractivity (Wildman–Crippen MR) is 219 cm³/mol. The molecule has 0 radical (unpaired) electrons. The van der Waals surface area contributed by atoms with Crippen molar-refractivity contribution in [3.8, 4) is 27.9 Å². The number of hydrogen-bond acceptors (Lipinski definition) is 2. The molecular formula is C48H32N2S. The van der Waals surface area contributed by atoms with Crippen LogP contribution in [0.3, 0.4) is 0 Å². The minimum Gasteiger partial charge on any atom is -0.309 e. The molecule has 0 fully saturated rings. The zero-order chi connectivity index (χ0) is 33.7. The molecule has 3 heteroatoms. The quantitative estimate of drug-likeness (QED) is 0.171. The fraction of sp³-hybridized carbons (Fsp3) is 0. The maximum Gasteiger partial charge on any atom is 0.0640 e. The van der Waals surface area contributed by atoms with Gasteiger partial charge < -0.3 is 9.47 Å². The molecule has 2 nitrogen and oxygen atoms in total. The summed E-state index contributed by atoms with van der Waals surface area (Å²) in [6, 6.07) is 70.4. The molecule has 0 saturated heterocycles. The second-order valence-corrected chi connectivity index (χ2v) is 14.0. The van der Waals surface area contributed by atoms with Gasteiger partial charge in [-0.1, -0.05) is 140 Å². The summed E-state index contributed by atoms with van der Waals surface area (Å²) in [7, 11) is 0. The van der Waals surface area contributed by atoms with Crippen LogP contribution in [-0.4, -0.2) is 4.57 Å². The number of para-hydroxylation sites is 3. The van der Waals surface area contributed by atoms with Gasteiger partial charge in [-0.15, -0.1) is 11.3 Å². The van der Waals surface area contributed by atoms with Gasteiger partial charge in [-0.25, -0.2) is 0 Å². The first-order valence-corrected chi connectivity index (χ1v) is 18.2. The Balaban J connectivity index is 1.20. The van der Waals surface area contributed by atoms with Crippen LogP contribution in [0.15, 0.2) is 194 Å². The molecule has 0 saturated carbocycles. The fourth-order valence-corrected chi connectivity index (χ4v) is 8.90. The number of fused-ring (bicyclic) bond motifs is 6. The molecule has 0 aliphatic carbocycles. The Labute approximate surface area is 300 Å². The molecule has 0 spiro atoms. The van der Waals surface area contributed by atoms with Crippen LogP contribution < -0.4 is 4.90 Å². The first kappa shape index (κ1) is 29.5. The monoisotopic (exact) mass is 668 g/mol. The molecule has 0 unspecified atom stereocenters. The van der Waals surface area contributed by atoms with Crippen LogP contribution in [0.5, 0.6) is 0 Å². The molecule has 10 aromatic rings. The molecule has 0 atom stereocenters. The highest BCUT2D eigenvalue weighted by Crippen LogP contribution is 2.46. The lowest BCUT2D eigenvalue weighted by atomic mass is 10.0. The van der Waals surface area contributed by atoms with Gasteiger partial charge >= 0.3 is 0 Å². The molecule has 2 heterocycles. The van der Waals surface area contributed by atoms with E-state index in [1.807, 2.05) is 11.3 Å². The van der Waals surface area contributed by atoms with Gasteiger partial charge in [-0.3, -0.25) is 0 Å². The molecule has 10 rings (SSSR count). The van der Waals surface area contributed by atoms with E-state index >= 15 is 0 Å². The smallest absolute Gasteiger partial charge is 0.0640 e. The fourth-order valence-electron chi connectivity index (χ4n) is 7.70. The molecule has 0 bridgehead atoms. The Kier molecular flexibility index (Phi) is 7.04. The van der Waals surface area contributed by atoms with Gasteiger partial charge in [0, 0.05) is 43.2 Å². The highest BCUT2D eigenvalue weighted by molar-refractivity contribution is 7.26. The Hall–Kier alpha value is -6.42. The predicted octanol–water partition coefficient (Wildman–Crippen LogP) is 14.0. The van der Waals surface area contributed by atoms with E-state index in [-0.39, 0.29) is 0 Å². The largest absolute Gasteiger partial charge is 0.309 e. The second-order valence-electron chi connectivity index (χ2n) is 12.9. The third-order valence-corrected chi connectivity index (χ3v) is 11.2. The average molecular weight is 669 g/mol. The lowest BCUT2D eigenvalue weighted by Crippen LogP contribution is -2.10. The molecule has 0 amide bonds. The number of hydrogen-bond donors (Lipinski definition) is 0. The van der Waals surface area contributed by atoms with E-state index in [1.165, 1.54) is 64.4 Å². The van der Waals surface area contributed by atoms with Crippen LogP contribution in [0.25, 0.3) is 69.9 Å². The van der Waals surface area contributed by atoms with Crippen LogP contribution in [0, 0.1) is 0 Å². The minimum atomic E-state index is 1.11. The van der Waals surface area contributed by atoms with Crippen molar-refractivity contribution in [1.82, 2.24) is 4.57 Å². The molecule has 0 N–H and O–H groups in total. The van der Waals surface area contributed by atoms with Crippen molar-refractivity contribution in [1.29, 1.82) is 0 Å². The molecule has 0 aliphatic rings. The van der Waals surface area contributed by atoms with Crippen LogP contribution in [0.4, 0.5) is 17.1 Å². The number of rotatable bonds is 6. The Bertz CT molecular complexity index is 2830. The molecule has 0 aliphatic heterocycles. The van der Waals surface area contributed by atoms with Gasteiger partial charge in [0.1, 0.15) is 0 Å². The summed E-state index contributed by atoms with van der Waals surface area (Å²) in [4.78, 5) is 2.44. The van der Waals surface area contributed by atoms with Crippen molar-refractivity contribution in [3.05, 3.63) is 194 Å². The molecular weight excluding hydrogens is 637 g/mol. The summed E-state index contributed by atoms with van der Waals surface area (Å²) in [5.74, 6) is 0. The zero-order valence-electron chi connectivity index (χ0n) is 27.8. The number of anilines is 3. The third-order valence-electron chi connectivity index (χ3n) is 9.98. The normalized spacial score (nSPS) is 11.5. The summed E-state index contributed by atoms with van der Waals surface area (Å²) in [6.07, 6.45) is 0. The van der Waals surface area contributed by atoms with Gasteiger partial charge in [0.25, 0.3) is 0 Å². The summed E-state index contributed by atoms with van der Waals surface area (Å²) in [5, 5.41) is 5.10. The summed E-state index contributed by atoms with van der Waals surface area (Å²) >= 11 is 1.87. The highest BCUT2D eigenvalue weighted by Gasteiger charge is 2.20. The van der Waals surface area contributed by atoms with E-state index in [1.54, 1.807) is 0 Å². The van der Waals surface area contributed by atoms with E-state index in [9.17, 15) is 0 Å². The standard InChI is InChI=1S/C48H32N2S/c1-2-15-33(16-3-1)34-17-12-19-36(31-34)49(46-29-14-25-42-41-24-7-11-30-47(41)51-48(42)46)37-20-13-18-35(32-37)38-21-4-8-26-43(38)50-44-27-9-5-22-39(44)40-23-6-10-28-45(40)50/h1-32H.